The van der Waals surface area contributed by atoms with Crippen molar-refractivity contribution in [2.45, 2.75) is 45.6 Å². The number of fused-ring (bicyclic) bond motifs is 1. The van der Waals surface area contributed by atoms with Crippen LogP contribution in [0.3, 0.4) is 0 Å². The number of halogens is 1. The van der Waals surface area contributed by atoms with Gasteiger partial charge in [-0.2, -0.15) is 0 Å². The molecule has 1 amide bonds. The molecule has 2 rings (SSSR count). The molecule has 0 saturated heterocycles. The third-order valence-corrected chi connectivity index (χ3v) is 4.14. The molecule has 2 aromatic heterocycles. The third kappa shape index (κ3) is 4.95. The first kappa shape index (κ1) is 21.9. The van der Waals surface area contributed by atoms with Gasteiger partial charge in [-0.1, -0.05) is 13.8 Å². The monoisotopic (exact) mass is 386 g/mol. The SMILES string of the molecule is CC(C)CC(C)(CN)NC(=O)CCc1nc2c([nH]1)c(=O)[nH]c(=O)n2C.Cl. The number of nitrogens with two attached hydrogens (primary N) is 1. The maximum atomic E-state index is 12.2. The van der Waals surface area contributed by atoms with E-state index in [1.54, 1.807) is 0 Å². The van der Waals surface area contributed by atoms with E-state index in [2.05, 4.69) is 34.1 Å². The third-order valence-electron chi connectivity index (χ3n) is 4.14. The highest BCUT2D eigenvalue weighted by atomic mass is 35.5. The Morgan fingerprint density at radius 2 is 2.00 bits per heavy atom. The quantitative estimate of drug-likeness (QED) is 0.537. The number of hydrogen-bond acceptors (Lipinski definition) is 5. The number of aromatic amines is 2. The molecule has 5 N–H and O–H groups in total. The molecule has 146 valence electrons. The molecule has 0 aromatic carbocycles. The zero-order chi connectivity index (χ0) is 18.8. The molecule has 2 aromatic rings. The molecule has 0 aliphatic heterocycles. The maximum Gasteiger partial charge on any atom is 0.329 e. The van der Waals surface area contributed by atoms with Crippen LogP contribution in [-0.2, 0) is 18.3 Å². The fourth-order valence-electron chi connectivity index (χ4n) is 2.99. The number of hydrogen-bond donors (Lipinski definition) is 4. The molecule has 0 aliphatic carbocycles. The van der Waals surface area contributed by atoms with Crippen molar-refractivity contribution in [1.29, 1.82) is 0 Å². The van der Waals surface area contributed by atoms with E-state index in [0.29, 0.717) is 24.7 Å². The summed E-state index contributed by atoms with van der Waals surface area (Å²) in [6, 6.07) is 0. The van der Waals surface area contributed by atoms with Crippen LogP contribution in [0.1, 0.15) is 39.4 Å². The molecule has 0 bridgehead atoms. The van der Waals surface area contributed by atoms with Gasteiger partial charge in [0.2, 0.25) is 5.91 Å². The number of carbonyl (C=O) groups excluding carboxylic acids is 1. The van der Waals surface area contributed by atoms with Crippen molar-refractivity contribution in [1.82, 2.24) is 24.8 Å². The van der Waals surface area contributed by atoms with Gasteiger partial charge in [0.05, 0.1) is 0 Å². The summed E-state index contributed by atoms with van der Waals surface area (Å²) in [7, 11) is 1.52. The number of rotatable bonds is 7. The zero-order valence-electron chi connectivity index (χ0n) is 15.5. The highest BCUT2D eigenvalue weighted by Crippen LogP contribution is 2.15. The summed E-state index contributed by atoms with van der Waals surface area (Å²) >= 11 is 0. The van der Waals surface area contributed by atoms with Crippen molar-refractivity contribution < 1.29 is 4.79 Å². The summed E-state index contributed by atoms with van der Waals surface area (Å²) in [5.41, 5.74) is 4.81. The Balaban J connectivity index is 0.00000338. The standard InChI is InChI=1S/C16H26N6O3.ClH/c1-9(2)7-16(3,8-17)21-11(23)6-5-10-18-12-13(19-10)22(4)15(25)20-14(12)24;/h9H,5-8,17H2,1-4H3,(H,18,19)(H,21,23)(H,20,24,25);1H. The number of aromatic nitrogens is 4. The van der Waals surface area contributed by atoms with Gasteiger partial charge in [0.25, 0.3) is 5.56 Å². The molecular formula is C16H27ClN6O3. The Labute approximate surface area is 157 Å². The Hall–Kier alpha value is -2.13. The van der Waals surface area contributed by atoms with Crippen LogP contribution in [0.5, 0.6) is 0 Å². The Morgan fingerprint density at radius 1 is 1.35 bits per heavy atom. The van der Waals surface area contributed by atoms with Crippen LogP contribution >= 0.6 is 12.4 Å². The van der Waals surface area contributed by atoms with E-state index in [-0.39, 0.29) is 35.9 Å². The molecule has 10 heteroatoms. The molecule has 1 atom stereocenters. The minimum Gasteiger partial charge on any atom is -0.350 e. The maximum absolute atomic E-state index is 12.2. The normalized spacial score (nSPS) is 13.5. The lowest BCUT2D eigenvalue weighted by molar-refractivity contribution is -0.122. The molecule has 26 heavy (non-hydrogen) atoms. The van der Waals surface area contributed by atoms with E-state index < -0.39 is 16.8 Å². The second-order valence-corrected chi connectivity index (χ2v) is 7.11. The minimum absolute atomic E-state index is 0. The topological polar surface area (TPSA) is 139 Å². The van der Waals surface area contributed by atoms with Crippen molar-refractivity contribution in [3.8, 4) is 0 Å². The largest absolute Gasteiger partial charge is 0.350 e. The van der Waals surface area contributed by atoms with Gasteiger partial charge in [0.1, 0.15) is 11.3 Å². The van der Waals surface area contributed by atoms with E-state index in [4.69, 9.17) is 5.73 Å². The summed E-state index contributed by atoms with van der Waals surface area (Å²) < 4.78 is 1.25. The van der Waals surface area contributed by atoms with Crippen molar-refractivity contribution >= 4 is 29.5 Å². The Morgan fingerprint density at radius 3 is 2.58 bits per heavy atom. The van der Waals surface area contributed by atoms with Crippen LogP contribution in [0.25, 0.3) is 11.2 Å². The van der Waals surface area contributed by atoms with E-state index in [9.17, 15) is 14.4 Å². The highest BCUT2D eigenvalue weighted by Gasteiger charge is 2.25. The second-order valence-electron chi connectivity index (χ2n) is 7.11. The number of aryl methyl sites for hydroxylation is 2. The predicted molar refractivity (Wildman–Crippen MR) is 103 cm³/mol. The van der Waals surface area contributed by atoms with Gasteiger partial charge in [-0.15, -0.1) is 12.4 Å². The van der Waals surface area contributed by atoms with E-state index in [1.165, 1.54) is 11.6 Å². The predicted octanol–water partition coefficient (Wildman–Crippen LogP) is 0.184. The highest BCUT2D eigenvalue weighted by molar-refractivity contribution is 5.85. The molecule has 0 fully saturated rings. The molecule has 0 spiro atoms. The first-order valence-corrected chi connectivity index (χ1v) is 8.34. The average molecular weight is 387 g/mol. The van der Waals surface area contributed by atoms with Gasteiger partial charge in [-0.05, 0) is 19.3 Å². The van der Waals surface area contributed by atoms with E-state index in [0.717, 1.165) is 6.42 Å². The van der Waals surface area contributed by atoms with Gasteiger partial charge in [0.15, 0.2) is 5.65 Å². The summed E-state index contributed by atoms with van der Waals surface area (Å²) in [6.45, 7) is 6.45. The summed E-state index contributed by atoms with van der Waals surface area (Å²) in [4.78, 5) is 45.0. The van der Waals surface area contributed by atoms with E-state index >= 15 is 0 Å². The average Bonchev–Trinajstić information content (AvgIpc) is 2.95. The number of imidazole rings is 1. The lowest BCUT2D eigenvalue weighted by atomic mass is 9.90. The summed E-state index contributed by atoms with van der Waals surface area (Å²) in [5.74, 6) is 0.768. The molecule has 0 saturated carbocycles. The molecule has 1 unspecified atom stereocenters. The smallest absolute Gasteiger partial charge is 0.329 e. The van der Waals surface area contributed by atoms with Crippen molar-refractivity contribution in [3.05, 3.63) is 26.7 Å². The first-order chi connectivity index (χ1) is 11.6. The lowest BCUT2D eigenvalue weighted by Gasteiger charge is -2.31. The minimum atomic E-state index is -0.527. The first-order valence-electron chi connectivity index (χ1n) is 8.34. The lowest BCUT2D eigenvalue weighted by Crippen LogP contribution is -2.52. The molecule has 0 aliphatic rings. The fourth-order valence-corrected chi connectivity index (χ4v) is 2.99. The summed E-state index contributed by atoms with van der Waals surface area (Å²) in [6.07, 6.45) is 1.33. The number of nitrogens with one attached hydrogen (secondary N) is 3. The van der Waals surface area contributed by atoms with Crippen molar-refractivity contribution in [2.75, 3.05) is 6.54 Å². The van der Waals surface area contributed by atoms with Gasteiger partial charge < -0.3 is 16.0 Å². The number of amides is 1. The van der Waals surface area contributed by atoms with Crippen LogP contribution in [0, 0.1) is 5.92 Å². The van der Waals surface area contributed by atoms with Crippen LogP contribution < -0.4 is 22.3 Å². The second kappa shape index (κ2) is 8.50. The van der Waals surface area contributed by atoms with Gasteiger partial charge in [-0.3, -0.25) is 19.1 Å². The van der Waals surface area contributed by atoms with Crippen LogP contribution in [0.15, 0.2) is 9.59 Å². The number of H-pyrrole nitrogens is 2. The van der Waals surface area contributed by atoms with Gasteiger partial charge >= 0.3 is 5.69 Å². The molecular weight excluding hydrogens is 360 g/mol. The fraction of sp³-hybridized carbons (Fsp3) is 0.625. The number of carbonyl (C=O) groups is 1. The van der Waals surface area contributed by atoms with Gasteiger partial charge in [-0.25, -0.2) is 9.78 Å². The molecule has 0 radical (unpaired) electrons. The Bertz CT molecular complexity index is 884. The zero-order valence-corrected chi connectivity index (χ0v) is 16.3. The van der Waals surface area contributed by atoms with Crippen LogP contribution in [0.4, 0.5) is 0 Å². The van der Waals surface area contributed by atoms with Crippen LogP contribution in [-0.4, -0.2) is 37.5 Å². The molecule has 9 nitrogen and oxygen atoms in total. The van der Waals surface area contributed by atoms with Crippen molar-refractivity contribution in [3.63, 3.8) is 0 Å². The van der Waals surface area contributed by atoms with Crippen molar-refractivity contribution in [2.24, 2.45) is 18.7 Å². The summed E-state index contributed by atoms with van der Waals surface area (Å²) in [5, 5.41) is 2.98. The van der Waals surface area contributed by atoms with Gasteiger partial charge in [0, 0.05) is 32.0 Å². The van der Waals surface area contributed by atoms with E-state index in [1.807, 2.05) is 6.92 Å². The molecule has 2 heterocycles. The number of nitrogens with zero attached hydrogens (tertiary/aromatic N) is 2. The Kier molecular flexibility index (Phi) is 7.16. The van der Waals surface area contributed by atoms with Crippen LogP contribution in [0.2, 0.25) is 0 Å².